The molecule has 6 rings (SSSR count). The average molecular weight is 545 g/mol. The molecule has 1 saturated heterocycles. The van der Waals surface area contributed by atoms with Gasteiger partial charge in [-0.3, -0.25) is 19.3 Å². The van der Waals surface area contributed by atoms with Crippen molar-refractivity contribution in [2.45, 2.75) is 6.61 Å². The van der Waals surface area contributed by atoms with E-state index in [1.54, 1.807) is 12.1 Å². The Bertz CT molecular complexity index is 1800. The monoisotopic (exact) mass is 544 g/mol. The molecule has 0 aromatic heterocycles. The minimum Gasteiger partial charge on any atom is -0.488 e. The number of para-hydroxylation sites is 1. The van der Waals surface area contributed by atoms with Crippen molar-refractivity contribution < 1.29 is 19.1 Å². The van der Waals surface area contributed by atoms with E-state index in [2.05, 4.69) is 23.5 Å². The summed E-state index contributed by atoms with van der Waals surface area (Å²) in [6, 6.07) is 34.9. The van der Waals surface area contributed by atoms with Gasteiger partial charge >= 0.3 is 0 Å². The van der Waals surface area contributed by atoms with Crippen molar-refractivity contribution in [1.82, 2.24) is 4.90 Å². The van der Waals surface area contributed by atoms with Crippen molar-refractivity contribution in [3.8, 4) is 5.75 Å². The number of nitrogens with one attached hydrogen (secondary N) is 1. The van der Waals surface area contributed by atoms with Crippen LogP contribution in [0.2, 0.25) is 0 Å². The van der Waals surface area contributed by atoms with Gasteiger partial charge in [-0.25, -0.2) is 0 Å². The summed E-state index contributed by atoms with van der Waals surface area (Å²) in [6.07, 6.45) is 1.64. The normalized spacial score (nSPS) is 14.3. The molecule has 3 amide bonds. The molecule has 1 fully saturated rings. The smallest absolute Gasteiger partial charge is 0.294 e. The zero-order valence-corrected chi connectivity index (χ0v) is 22.2. The standard InChI is InChI=1S/C33H24N2O4S/c36-31(34-28-17-8-13-23-10-2-5-16-27(23)28)20-35-32(37)30(40-33(35)38)19-24-11-3-6-18-29(24)39-21-25-14-7-12-22-9-1-4-15-26(22)25/h1-19H,20-21H2,(H,34,36)/b30-19-. The highest BCUT2D eigenvalue weighted by molar-refractivity contribution is 8.18. The van der Waals surface area contributed by atoms with E-state index in [0.29, 0.717) is 23.6 Å². The van der Waals surface area contributed by atoms with Gasteiger partial charge in [-0.2, -0.15) is 0 Å². The number of carbonyl (C=O) groups excluding carboxylic acids is 3. The molecule has 0 spiro atoms. The summed E-state index contributed by atoms with van der Waals surface area (Å²) in [5, 5.41) is 6.46. The van der Waals surface area contributed by atoms with Crippen LogP contribution in [-0.4, -0.2) is 28.5 Å². The van der Waals surface area contributed by atoms with Gasteiger partial charge in [-0.15, -0.1) is 0 Å². The fourth-order valence-corrected chi connectivity index (χ4v) is 5.58. The molecule has 0 unspecified atom stereocenters. The largest absolute Gasteiger partial charge is 0.488 e. The summed E-state index contributed by atoms with van der Waals surface area (Å²) in [7, 11) is 0. The number of carbonyl (C=O) groups is 3. The fraction of sp³-hybridized carbons (Fsp3) is 0.0606. The number of hydrogen-bond acceptors (Lipinski definition) is 5. The van der Waals surface area contributed by atoms with Crippen molar-refractivity contribution in [2.24, 2.45) is 0 Å². The third kappa shape index (κ3) is 5.19. The van der Waals surface area contributed by atoms with Crippen LogP contribution in [0.3, 0.4) is 0 Å². The highest BCUT2D eigenvalue weighted by Crippen LogP contribution is 2.34. The number of thioether (sulfide) groups is 1. The molecule has 40 heavy (non-hydrogen) atoms. The molecule has 0 aliphatic carbocycles. The molecular weight excluding hydrogens is 520 g/mol. The summed E-state index contributed by atoms with van der Waals surface area (Å²) in [6.45, 7) is -0.0213. The molecule has 6 nitrogen and oxygen atoms in total. The number of anilines is 1. The van der Waals surface area contributed by atoms with E-state index in [9.17, 15) is 14.4 Å². The van der Waals surface area contributed by atoms with Gasteiger partial charge in [0.25, 0.3) is 11.1 Å². The van der Waals surface area contributed by atoms with Crippen LogP contribution >= 0.6 is 11.8 Å². The number of nitrogens with zero attached hydrogens (tertiary/aromatic N) is 1. The lowest BCUT2D eigenvalue weighted by atomic mass is 10.1. The van der Waals surface area contributed by atoms with E-state index in [4.69, 9.17) is 4.74 Å². The Kier molecular flexibility index (Phi) is 7.04. The molecule has 1 N–H and O–H groups in total. The van der Waals surface area contributed by atoms with Gasteiger partial charge in [-0.05, 0) is 51.7 Å². The summed E-state index contributed by atoms with van der Waals surface area (Å²) in [5.41, 5.74) is 2.35. The zero-order valence-electron chi connectivity index (χ0n) is 21.4. The molecule has 7 heteroatoms. The lowest BCUT2D eigenvalue weighted by Gasteiger charge is -2.14. The summed E-state index contributed by atoms with van der Waals surface area (Å²) >= 11 is 0.815. The van der Waals surface area contributed by atoms with Crippen molar-refractivity contribution >= 4 is 62.1 Å². The minimum atomic E-state index is -0.507. The van der Waals surface area contributed by atoms with Crippen molar-refractivity contribution in [2.75, 3.05) is 11.9 Å². The SMILES string of the molecule is O=C(CN1C(=O)S/C(=C\c2ccccc2OCc2cccc3ccccc23)C1=O)Nc1cccc2ccccc12. The molecule has 5 aromatic rings. The minimum absolute atomic E-state index is 0.240. The molecule has 1 aliphatic heterocycles. The van der Waals surface area contributed by atoms with Crippen molar-refractivity contribution in [3.05, 3.63) is 125 Å². The first kappa shape index (κ1) is 25.4. The number of benzene rings is 5. The highest BCUT2D eigenvalue weighted by atomic mass is 32.2. The lowest BCUT2D eigenvalue weighted by Crippen LogP contribution is -2.36. The Morgan fingerprint density at radius 1 is 0.775 bits per heavy atom. The second kappa shape index (κ2) is 11.1. The van der Waals surface area contributed by atoms with Crippen LogP contribution < -0.4 is 10.1 Å². The lowest BCUT2D eigenvalue weighted by molar-refractivity contribution is -0.127. The van der Waals surface area contributed by atoms with E-state index in [1.807, 2.05) is 84.9 Å². The molecule has 1 heterocycles. The molecule has 1 aliphatic rings. The van der Waals surface area contributed by atoms with E-state index < -0.39 is 17.1 Å². The number of hydrogen-bond donors (Lipinski definition) is 1. The van der Waals surface area contributed by atoms with E-state index in [1.165, 1.54) is 0 Å². The maximum Gasteiger partial charge on any atom is 0.294 e. The first-order valence-corrected chi connectivity index (χ1v) is 13.6. The molecule has 196 valence electrons. The van der Waals surface area contributed by atoms with Gasteiger partial charge < -0.3 is 10.1 Å². The predicted molar refractivity (Wildman–Crippen MR) is 160 cm³/mol. The summed E-state index contributed by atoms with van der Waals surface area (Å²) in [5.74, 6) is -0.360. The van der Waals surface area contributed by atoms with Crippen LogP contribution in [0.15, 0.2) is 114 Å². The van der Waals surface area contributed by atoms with Crippen LogP contribution in [-0.2, 0) is 16.2 Å². The van der Waals surface area contributed by atoms with E-state index in [0.717, 1.165) is 43.8 Å². The average Bonchev–Trinajstić information content (AvgIpc) is 3.24. The number of imide groups is 1. The summed E-state index contributed by atoms with van der Waals surface area (Å²) < 4.78 is 6.17. The predicted octanol–water partition coefficient (Wildman–Crippen LogP) is 7.25. The summed E-state index contributed by atoms with van der Waals surface area (Å²) in [4.78, 5) is 39.9. The third-order valence-electron chi connectivity index (χ3n) is 6.71. The Morgan fingerprint density at radius 2 is 1.43 bits per heavy atom. The molecule has 0 radical (unpaired) electrons. The second-order valence-electron chi connectivity index (χ2n) is 9.31. The number of fused-ring (bicyclic) bond motifs is 2. The Labute approximate surface area is 235 Å². The Balaban J connectivity index is 1.17. The third-order valence-corrected chi connectivity index (χ3v) is 7.62. The molecule has 0 atom stereocenters. The Morgan fingerprint density at radius 3 is 2.25 bits per heavy atom. The van der Waals surface area contributed by atoms with Crippen LogP contribution in [0.5, 0.6) is 5.75 Å². The molecule has 0 bridgehead atoms. The van der Waals surface area contributed by atoms with Crippen LogP contribution in [0.4, 0.5) is 10.5 Å². The van der Waals surface area contributed by atoms with Crippen LogP contribution in [0, 0.1) is 0 Å². The van der Waals surface area contributed by atoms with Gasteiger partial charge in [0, 0.05) is 16.6 Å². The number of ether oxygens (including phenoxy) is 1. The molecular formula is C33H24N2O4S. The first-order chi connectivity index (χ1) is 19.6. The quantitative estimate of drug-likeness (QED) is 0.219. The molecule has 5 aromatic carbocycles. The van der Waals surface area contributed by atoms with Crippen molar-refractivity contribution in [3.63, 3.8) is 0 Å². The van der Waals surface area contributed by atoms with E-state index in [-0.39, 0.29) is 11.4 Å². The molecule has 0 saturated carbocycles. The van der Waals surface area contributed by atoms with Crippen LogP contribution in [0.25, 0.3) is 27.6 Å². The second-order valence-corrected chi connectivity index (χ2v) is 10.3. The number of amides is 3. The maximum absolute atomic E-state index is 13.2. The van der Waals surface area contributed by atoms with Gasteiger partial charge in [0.2, 0.25) is 5.91 Å². The fourth-order valence-electron chi connectivity index (χ4n) is 4.75. The van der Waals surface area contributed by atoms with E-state index >= 15 is 0 Å². The van der Waals surface area contributed by atoms with Gasteiger partial charge in [0.15, 0.2) is 0 Å². The zero-order chi connectivity index (χ0) is 27.5. The first-order valence-electron chi connectivity index (χ1n) is 12.8. The maximum atomic E-state index is 13.2. The topological polar surface area (TPSA) is 75.7 Å². The highest BCUT2D eigenvalue weighted by Gasteiger charge is 2.36. The number of rotatable bonds is 7. The van der Waals surface area contributed by atoms with Gasteiger partial charge in [-0.1, -0.05) is 97.1 Å². The van der Waals surface area contributed by atoms with Gasteiger partial charge in [0.1, 0.15) is 18.9 Å². The van der Waals surface area contributed by atoms with Crippen molar-refractivity contribution in [1.29, 1.82) is 0 Å². The van der Waals surface area contributed by atoms with Crippen LogP contribution in [0.1, 0.15) is 11.1 Å². The Hall–Kier alpha value is -4.88. The van der Waals surface area contributed by atoms with Gasteiger partial charge in [0.05, 0.1) is 4.91 Å².